The maximum absolute atomic E-state index is 4.04. The van der Waals surface area contributed by atoms with Crippen molar-refractivity contribution in [3.05, 3.63) is 48.0 Å². The molecule has 17 heavy (non-hydrogen) atoms. The second kappa shape index (κ2) is 4.74. The Bertz CT molecular complexity index is 455. The fourth-order valence-corrected chi connectivity index (χ4v) is 2.14. The molecule has 0 fully saturated rings. The van der Waals surface area contributed by atoms with Gasteiger partial charge in [0.2, 0.25) is 0 Å². The van der Waals surface area contributed by atoms with Crippen LogP contribution in [0, 0.1) is 6.33 Å². The third kappa shape index (κ3) is 2.26. The Morgan fingerprint density at radius 3 is 2.06 bits per heavy atom. The summed E-state index contributed by atoms with van der Waals surface area (Å²) in [6.45, 7) is 8.89. The molecular weight excluding hydrogens is 208 g/mol. The Kier molecular flexibility index (Phi) is 3.32. The van der Waals surface area contributed by atoms with Crippen LogP contribution in [0.5, 0.6) is 0 Å². The topological polar surface area (TPSA) is 17.8 Å². The van der Waals surface area contributed by atoms with Gasteiger partial charge in [0.15, 0.2) is 6.33 Å². The van der Waals surface area contributed by atoms with Crippen molar-refractivity contribution in [3.63, 3.8) is 0 Å². The molecule has 89 valence electrons. The predicted octanol–water partition coefficient (Wildman–Crippen LogP) is 3.92. The van der Waals surface area contributed by atoms with E-state index in [2.05, 4.69) is 57.2 Å². The van der Waals surface area contributed by atoms with Crippen molar-refractivity contribution in [1.82, 2.24) is 9.55 Å². The van der Waals surface area contributed by atoms with Gasteiger partial charge in [-0.05, 0) is 23.0 Å². The molecule has 0 amide bonds. The number of para-hydroxylation sites is 1. The first kappa shape index (κ1) is 11.9. The van der Waals surface area contributed by atoms with Crippen molar-refractivity contribution in [3.8, 4) is 5.69 Å². The summed E-state index contributed by atoms with van der Waals surface area (Å²) in [6, 6.07) is 6.53. The van der Waals surface area contributed by atoms with E-state index in [-0.39, 0.29) is 0 Å². The van der Waals surface area contributed by atoms with Gasteiger partial charge in [-0.25, -0.2) is 4.98 Å². The summed E-state index contributed by atoms with van der Waals surface area (Å²) in [5, 5.41) is 0. The van der Waals surface area contributed by atoms with Crippen LogP contribution in [0.15, 0.2) is 30.6 Å². The second-order valence-corrected chi connectivity index (χ2v) is 4.99. The van der Waals surface area contributed by atoms with Gasteiger partial charge in [0.05, 0.1) is 5.69 Å². The van der Waals surface area contributed by atoms with Crippen LogP contribution in [0.25, 0.3) is 5.69 Å². The van der Waals surface area contributed by atoms with E-state index in [1.54, 1.807) is 6.20 Å². The molecular formula is C15H19N2. The van der Waals surface area contributed by atoms with Gasteiger partial charge in [0.1, 0.15) is 0 Å². The van der Waals surface area contributed by atoms with E-state index in [0.29, 0.717) is 11.8 Å². The van der Waals surface area contributed by atoms with Gasteiger partial charge in [0.25, 0.3) is 0 Å². The molecule has 0 unspecified atom stereocenters. The number of nitrogens with zero attached hydrogens (tertiary/aromatic N) is 2. The highest BCUT2D eigenvalue weighted by Crippen LogP contribution is 2.30. The van der Waals surface area contributed by atoms with Gasteiger partial charge >= 0.3 is 0 Å². The SMILES string of the molecule is CC(C)c1cccc(C(C)C)c1-n1[c]ncc1. The quantitative estimate of drug-likeness (QED) is 0.777. The second-order valence-electron chi connectivity index (χ2n) is 4.99. The number of aromatic nitrogens is 2. The summed E-state index contributed by atoms with van der Waals surface area (Å²) >= 11 is 0. The zero-order valence-electron chi connectivity index (χ0n) is 10.9. The first-order valence-electron chi connectivity index (χ1n) is 6.15. The molecule has 2 aromatic rings. The lowest BCUT2D eigenvalue weighted by atomic mass is 9.92. The third-order valence-corrected chi connectivity index (χ3v) is 3.04. The number of rotatable bonds is 3. The molecule has 2 heteroatoms. The molecule has 2 nitrogen and oxygen atoms in total. The van der Waals surface area contributed by atoms with Crippen LogP contribution < -0.4 is 0 Å². The zero-order valence-corrected chi connectivity index (χ0v) is 10.9. The van der Waals surface area contributed by atoms with Crippen molar-refractivity contribution in [1.29, 1.82) is 0 Å². The van der Waals surface area contributed by atoms with Crippen LogP contribution in [-0.2, 0) is 0 Å². The molecule has 0 saturated heterocycles. The first-order valence-corrected chi connectivity index (χ1v) is 6.15. The van der Waals surface area contributed by atoms with Gasteiger partial charge in [-0.2, -0.15) is 0 Å². The summed E-state index contributed by atoms with van der Waals surface area (Å²) in [4.78, 5) is 4.04. The Balaban J connectivity index is 2.67. The molecule has 1 aromatic heterocycles. The van der Waals surface area contributed by atoms with Crippen molar-refractivity contribution in [2.24, 2.45) is 0 Å². The van der Waals surface area contributed by atoms with E-state index in [4.69, 9.17) is 0 Å². The number of imidazole rings is 1. The Hall–Kier alpha value is -1.57. The van der Waals surface area contributed by atoms with E-state index in [1.165, 1.54) is 16.8 Å². The summed E-state index contributed by atoms with van der Waals surface area (Å²) in [5.41, 5.74) is 3.95. The van der Waals surface area contributed by atoms with Crippen molar-refractivity contribution in [2.45, 2.75) is 39.5 Å². The van der Waals surface area contributed by atoms with Crippen LogP contribution in [-0.4, -0.2) is 9.55 Å². The normalized spacial score (nSPS) is 11.4. The minimum Gasteiger partial charge on any atom is -0.297 e. The van der Waals surface area contributed by atoms with Gasteiger partial charge < -0.3 is 0 Å². The standard InChI is InChI=1S/C15H19N2/c1-11(2)13-6-5-7-14(12(3)4)15(13)17-9-8-16-10-17/h5-9,11-12H,1-4H3. The highest BCUT2D eigenvalue weighted by atomic mass is 15.0. The summed E-state index contributed by atoms with van der Waals surface area (Å²) in [5.74, 6) is 0.999. The van der Waals surface area contributed by atoms with Crippen molar-refractivity contribution >= 4 is 0 Å². The average Bonchev–Trinajstić information content (AvgIpc) is 2.80. The van der Waals surface area contributed by atoms with Gasteiger partial charge in [0, 0.05) is 12.4 Å². The molecule has 0 aliphatic heterocycles. The maximum Gasteiger partial charge on any atom is 0.181 e. The first-order chi connectivity index (χ1) is 8.11. The Morgan fingerprint density at radius 1 is 1.06 bits per heavy atom. The average molecular weight is 227 g/mol. The fourth-order valence-electron chi connectivity index (χ4n) is 2.14. The minimum atomic E-state index is 0.500. The molecule has 0 aliphatic carbocycles. The maximum atomic E-state index is 4.04. The smallest absolute Gasteiger partial charge is 0.181 e. The van der Waals surface area contributed by atoms with E-state index in [1.807, 2.05) is 10.8 Å². The number of hydrogen-bond acceptors (Lipinski definition) is 1. The number of benzene rings is 1. The summed E-state index contributed by atoms with van der Waals surface area (Å²) < 4.78 is 2.00. The van der Waals surface area contributed by atoms with E-state index in [0.717, 1.165) is 0 Å². The van der Waals surface area contributed by atoms with Gasteiger partial charge in [-0.15, -0.1) is 0 Å². The van der Waals surface area contributed by atoms with Crippen LogP contribution >= 0.6 is 0 Å². The Morgan fingerprint density at radius 2 is 1.65 bits per heavy atom. The lowest BCUT2D eigenvalue weighted by Crippen LogP contribution is -2.05. The molecule has 0 saturated carbocycles. The van der Waals surface area contributed by atoms with Gasteiger partial charge in [-0.1, -0.05) is 45.9 Å². The summed E-state index contributed by atoms with van der Waals surface area (Å²) in [7, 11) is 0. The highest BCUT2D eigenvalue weighted by Gasteiger charge is 2.14. The molecule has 0 N–H and O–H groups in total. The zero-order chi connectivity index (χ0) is 12.4. The molecule has 0 atom stereocenters. The number of hydrogen-bond donors (Lipinski definition) is 0. The molecule has 0 bridgehead atoms. The van der Waals surface area contributed by atoms with Crippen LogP contribution in [0.3, 0.4) is 0 Å². The van der Waals surface area contributed by atoms with Crippen LogP contribution in [0.2, 0.25) is 0 Å². The Labute approximate surface area is 103 Å². The van der Waals surface area contributed by atoms with E-state index >= 15 is 0 Å². The minimum absolute atomic E-state index is 0.500. The fraction of sp³-hybridized carbons (Fsp3) is 0.400. The molecule has 1 heterocycles. The monoisotopic (exact) mass is 227 g/mol. The molecule has 1 aromatic carbocycles. The van der Waals surface area contributed by atoms with E-state index < -0.39 is 0 Å². The third-order valence-electron chi connectivity index (χ3n) is 3.04. The molecule has 1 radical (unpaired) electrons. The highest BCUT2D eigenvalue weighted by molar-refractivity contribution is 5.50. The van der Waals surface area contributed by atoms with Crippen molar-refractivity contribution < 1.29 is 0 Å². The predicted molar refractivity (Wildman–Crippen MR) is 70.6 cm³/mol. The van der Waals surface area contributed by atoms with E-state index in [9.17, 15) is 0 Å². The largest absolute Gasteiger partial charge is 0.297 e. The van der Waals surface area contributed by atoms with Crippen LogP contribution in [0.4, 0.5) is 0 Å². The molecule has 0 spiro atoms. The van der Waals surface area contributed by atoms with Crippen LogP contribution in [0.1, 0.15) is 50.7 Å². The summed E-state index contributed by atoms with van der Waals surface area (Å²) in [6.07, 6.45) is 6.76. The van der Waals surface area contributed by atoms with Gasteiger partial charge in [-0.3, -0.25) is 4.57 Å². The molecule has 2 rings (SSSR count). The van der Waals surface area contributed by atoms with Crippen molar-refractivity contribution in [2.75, 3.05) is 0 Å². The lowest BCUT2D eigenvalue weighted by molar-refractivity contribution is 0.803. The molecule has 0 aliphatic rings. The lowest BCUT2D eigenvalue weighted by Gasteiger charge is -2.19.